The van der Waals surface area contributed by atoms with E-state index in [0.717, 1.165) is 11.8 Å². The van der Waals surface area contributed by atoms with Gasteiger partial charge in [-0.3, -0.25) is 0 Å². The fraction of sp³-hybridized carbons (Fsp3) is 0.950. The van der Waals surface area contributed by atoms with Crippen LogP contribution in [0.4, 0.5) is 0 Å². The predicted octanol–water partition coefficient (Wildman–Crippen LogP) is 7.57. The number of hydrogen-bond donors (Lipinski definition) is 0. The topological polar surface area (TPSA) is 0 Å². The van der Waals surface area contributed by atoms with Crippen LogP contribution >= 0.6 is 0 Å². The van der Waals surface area contributed by atoms with E-state index in [0.29, 0.717) is 0 Å². The van der Waals surface area contributed by atoms with Crippen molar-refractivity contribution in [2.75, 3.05) is 0 Å². The van der Waals surface area contributed by atoms with E-state index in [1.807, 2.05) is 0 Å². The lowest BCUT2D eigenvalue weighted by Gasteiger charge is -2.20. The summed E-state index contributed by atoms with van der Waals surface area (Å²) in [6.07, 6.45) is 21.1. The van der Waals surface area contributed by atoms with Crippen molar-refractivity contribution in [3.63, 3.8) is 0 Å². The molecule has 0 saturated carbocycles. The van der Waals surface area contributed by atoms with Crippen LogP contribution in [0.1, 0.15) is 111 Å². The molecule has 0 nitrogen and oxygen atoms in total. The van der Waals surface area contributed by atoms with Gasteiger partial charge in [0.05, 0.1) is 0 Å². The van der Waals surface area contributed by atoms with Crippen LogP contribution in [0.25, 0.3) is 0 Å². The van der Waals surface area contributed by atoms with Crippen molar-refractivity contribution in [2.45, 2.75) is 111 Å². The van der Waals surface area contributed by atoms with Gasteiger partial charge in [-0.05, 0) is 18.3 Å². The first-order valence-electron chi connectivity index (χ1n) is 9.59. The van der Waals surface area contributed by atoms with Crippen molar-refractivity contribution in [3.05, 3.63) is 6.42 Å². The molecule has 0 N–H and O–H groups in total. The molecule has 1 atom stereocenters. The molecule has 1 unspecified atom stereocenters. The van der Waals surface area contributed by atoms with Gasteiger partial charge in [0.2, 0.25) is 0 Å². The van der Waals surface area contributed by atoms with E-state index in [2.05, 4.69) is 34.1 Å². The molecule has 0 heterocycles. The van der Waals surface area contributed by atoms with Gasteiger partial charge >= 0.3 is 0 Å². The SMILES string of the molecule is CCCCCCCCC(C)[CH]C(CCCC)CCCC. The first-order chi connectivity index (χ1) is 9.74. The van der Waals surface area contributed by atoms with Crippen molar-refractivity contribution in [1.82, 2.24) is 0 Å². The summed E-state index contributed by atoms with van der Waals surface area (Å²) >= 11 is 0. The predicted molar refractivity (Wildman–Crippen MR) is 94.0 cm³/mol. The Labute approximate surface area is 130 Å². The number of rotatable bonds is 15. The fourth-order valence-corrected chi connectivity index (χ4v) is 3.08. The highest BCUT2D eigenvalue weighted by Crippen LogP contribution is 2.25. The van der Waals surface area contributed by atoms with Crippen LogP contribution in [0.2, 0.25) is 0 Å². The maximum atomic E-state index is 2.69. The smallest absolute Gasteiger partial charge is 0.0326 e. The minimum Gasteiger partial charge on any atom is -0.0654 e. The Hall–Kier alpha value is 0. The van der Waals surface area contributed by atoms with Gasteiger partial charge in [0.15, 0.2) is 0 Å². The third kappa shape index (κ3) is 13.0. The average Bonchev–Trinajstić information content (AvgIpc) is 2.45. The maximum absolute atomic E-state index is 2.69. The quantitative estimate of drug-likeness (QED) is 0.271. The summed E-state index contributed by atoms with van der Waals surface area (Å²) in [7, 11) is 0. The molecule has 1 radical (unpaired) electrons. The minimum atomic E-state index is 0.833. The lowest BCUT2D eigenvalue weighted by molar-refractivity contribution is 0.407. The van der Waals surface area contributed by atoms with Crippen LogP contribution in [0.15, 0.2) is 0 Å². The van der Waals surface area contributed by atoms with Crippen LogP contribution in [0, 0.1) is 18.3 Å². The number of unbranched alkanes of at least 4 members (excludes halogenated alkanes) is 7. The third-order valence-corrected chi connectivity index (χ3v) is 4.47. The summed E-state index contributed by atoms with van der Waals surface area (Å²) in [6, 6.07) is 0. The zero-order valence-electron chi connectivity index (χ0n) is 14.9. The molecule has 20 heavy (non-hydrogen) atoms. The summed E-state index contributed by atoms with van der Waals surface area (Å²) in [5.41, 5.74) is 0. The Balaban J connectivity index is 3.67. The molecule has 0 spiro atoms. The zero-order chi connectivity index (χ0) is 15.1. The molecule has 0 aromatic carbocycles. The molecule has 0 aromatic heterocycles. The van der Waals surface area contributed by atoms with Gasteiger partial charge in [-0.1, -0.05) is 111 Å². The van der Waals surface area contributed by atoms with Gasteiger partial charge in [0, 0.05) is 0 Å². The Kier molecular flexibility index (Phi) is 15.4. The molecule has 0 aliphatic carbocycles. The molecule has 0 aliphatic heterocycles. The Morgan fingerprint density at radius 1 is 0.600 bits per heavy atom. The molecule has 0 amide bonds. The van der Waals surface area contributed by atoms with Gasteiger partial charge in [-0.2, -0.15) is 0 Å². The molecular formula is C20H41. The van der Waals surface area contributed by atoms with E-state index >= 15 is 0 Å². The summed E-state index contributed by atoms with van der Waals surface area (Å²) in [5, 5.41) is 0. The van der Waals surface area contributed by atoms with E-state index < -0.39 is 0 Å². The first kappa shape index (κ1) is 20.0. The highest BCUT2D eigenvalue weighted by atomic mass is 14.2. The van der Waals surface area contributed by atoms with Gasteiger partial charge in [0.1, 0.15) is 0 Å². The number of hydrogen-bond acceptors (Lipinski definition) is 0. The molecular weight excluding hydrogens is 240 g/mol. The van der Waals surface area contributed by atoms with Crippen molar-refractivity contribution in [2.24, 2.45) is 11.8 Å². The van der Waals surface area contributed by atoms with Crippen molar-refractivity contribution >= 4 is 0 Å². The molecule has 0 bridgehead atoms. The summed E-state index contributed by atoms with van der Waals surface area (Å²) < 4.78 is 0. The fourth-order valence-electron chi connectivity index (χ4n) is 3.08. The molecule has 0 aliphatic rings. The lowest BCUT2D eigenvalue weighted by Crippen LogP contribution is -2.08. The molecule has 0 rings (SSSR count). The monoisotopic (exact) mass is 281 g/mol. The van der Waals surface area contributed by atoms with E-state index in [1.165, 1.54) is 83.5 Å². The zero-order valence-corrected chi connectivity index (χ0v) is 14.9. The van der Waals surface area contributed by atoms with Crippen molar-refractivity contribution < 1.29 is 0 Å². The van der Waals surface area contributed by atoms with Gasteiger partial charge in [0.25, 0.3) is 0 Å². The molecule has 121 valence electrons. The summed E-state index contributed by atoms with van der Waals surface area (Å²) in [4.78, 5) is 0. The van der Waals surface area contributed by atoms with Gasteiger partial charge in [-0.25, -0.2) is 0 Å². The molecule has 0 aromatic rings. The second kappa shape index (κ2) is 15.4. The molecule has 0 fully saturated rings. The highest BCUT2D eigenvalue weighted by molar-refractivity contribution is 4.81. The standard InChI is InChI=1S/C20H41/c1-5-8-11-12-13-14-15-19(4)18-20(16-9-6-2)17-10-7-3/h18-20H,5-17H2,1-4H3. The molecule has 0 heteroatoms. The van der Waals surface area contributed by atoms with Crippen LogP contribution in [-0.4, -0.2) is 0 Å². The van der Waals surface area contributed by atoms with E-state index in [1.54, 1.807) is 0 Å². The van der Waals surface area contributed by atoms with Crippen LogP contribution < -0.4 is 0 Å². The largest absolute Gasteiger partial charge is 0.0654 e. The summed E-state index contributed by atoms with van der Waals surface area (Å²) in [6.45, 7) is 9.37. The van der Waals surface area contributed by atoms with Crippen LogP contribution in [0.3, 0.4) is 0 Å². The molecule has 0 saturated heterocycles. The first-order valence-corrected chi connectivity index (χ1v) is 9.59. The average molecular weight is 282 g/mol. The normalized spacial score (nSPS) is 13.1. The summed E-state index contributed by atoms with van der Waals surface area (Å²) in [5.74, 6) is 1.73. The van der Waals surface area contributed by atoms with Crippen molar-refractivity contribution in [1.29, 1.82) is 0 Å². The second-order valence-corrected chi connectivity index (χ2v) is 6.77. The highest BCUT2D eigenvalue weighted by Gasteiger charge is 2.12. The van der Waals surface area contributed by atoms with Crippen LogP contribution in [-0.2, 0) is 0 Å². The van der Waals surface area contributed by atoms with E-state index in [9.17, 15) is 0 Å². The Morgan fingerprint density at radius 2 is 1.10 bits per heavy atom. The van der Waals surface area contributed by atoms with E-state index in [-0.39, 0.29) is 0 Å². The van der Waals surface area contributed by atoms with Crippen LogP contribution in [0.5, 0.6) is 0 Å². The van der Waals surface area contributed by atoms with Crippen molar-refractivity contribution in [3.8, 4) is 0 Å². The maximum Gasteiger partial charge on any atom is -0.0326 e. The Morgan fingerprint density at radius 3 is 1.65 bits per heavy atom. The lowest BCUT2D eigenvalue weighted by atomic mass is 9.85. The third-order valence-electron chi connectivity index (χ3n) is 4.47. The minimum absolute atomic E-state index is 0.833. The van der Waals surface area contributed by atoms with Gasteiger partial charge in [-0.15, -0.1) is 0 Å². The van der Waals surface area contributed by atoms with Gasteiger partial charge < -0.3 is 0 Å². The Bertz CT molecular complexity index is 165. The van der Waals surface area contributed by atoms with E-state index in [4.69, 9.17) is 0 Å². The second-order valence-electron chi connectivity index (χ2n) is 6.77.